The standard InChI is InChI=1S/C17H31N3O3S2.C3H8/c1-20(15(9-10-25-3)17(22)23-2)16(21)13(11-18)7-5-4-6-8-14(19)12-24;1-3-2/h5-8,13-15,24H,4,9-12,18-19H2,1-3H3;3H2,1-2H3/b7-5-,8-6+;. The van der Waals surface area contributed by atoms with Crippen LogP contribution in [0.15, 0.2) is 24.3 Å². The molecule has 0 bridgehead atoms. The van der Waals surface area contributed by atoms with Gasteiger partial charge in [0.15, 0.2) is 0 Å². The number of nitrogens with two attached hydrogens (primary N) is 2. The van der Waals surface area contributed by atoms with Crippen molar-refractivity contribution < 1.29 is 14.3 Å². The van der Waals surface area contributed by atoms with E-state index in [0.29, 0.717) is 18.6 Å². The minimum Gasteiger partial charge on any atom is -0.467 e. The number of ether oxygens (including phenoxy) is 1. The molecule has 164 valence electrons. The van der Waals surface area contributed by atoms with Crippen LogP contribution in [0, 0.1) is 5.92 Å². The highest BCUT2D eigenvalue weighted by Crippen LogP contribution is 2.13. The first-order valence-corrected chi connectivity index (χ1v) is 11.6. The van der Waals surface area contributed by atoms with Crippen LogP contribution in [0.3, 0.4) is 0 Å². The van der Waals surface area contributed by atoms with Gasteiger partial charge in [-0.15, -0.1) is 0 Å². The van der Waals surface area contributed by atoms with Crippen molar-refractivity contribution in [3.05, 3.63) is 24.3 Å². The molecule has 0 aromatic carbocycles. The normalized spacial score (nSPS) is 14.3. The number of rotatable bonds is 12. The second kappa shape index (κ2) is 19.4. The Morgan fingerprint density at radius 3 is 2.29 bits per heavy atom. The van der Waals surface area contributed by atoms with Gasteiger partial charge in [0.25, 0.3) is 0 Å². The van der Waals surface area contributed by atoms with E-state index < -0.39 is 17.9 Å². The SMILES string of the molecule is CCC.COC(=O)C(CCSC)N(C)C(=O)C(/C=C\C/C=C/C(N)CS)CN. The molecular weight excluding hydrogens is 394 g/mol. The Hall–Kier alpha value is -0.960. The summed E-state index contributed by atoms with van der Waals surface area (Å²) in [6, 6.07) is -0.673. The summed E-state index contributed by atoms with van der Waals surface area (Å²) in [5, 5.41) is 0. The van der Waals surface area contributed by atoms with E-state index in [1.165, 1.54) is 18.4 Å². The number of allylic oxidation sites excluding steroid dienone is 2. The number of likely N-dealkylation sites (N-methyl/N-ethyl adjacent to an activating group) is 1. The zero-order valence-corrected chi connectivity index (χ0v) is 19.7. The van der Waals surface area contributed by atoms with Gasteiger partial charge < -0.3 is 21.1 Å². The Balaban J connectivity index is 0. The molecule has 0 heterocycles. The van der Waals surface area contributed by atoms with Crippen LogP contribution in [0.4, 0.5) is 0 Å². The molecule has 3 atom stereocenters. The van der Waals surface area contributed by atoms with Crippen LogP contribution in [0.5, 0.6) is 0 Å². The Morgan fingerprint density at radius 2 is 1.82 bits per heavy atom. The van der Waals surface area contributed by atoms with E-state index in [2.05, 4.69) is 26.5 Å². The molecule has 0 aliphatic carbocycles. The van der Waals surface area contributed by atoms with Gasteiger partial charge in [0.2, 0.25) is 5.91 Å². The minimum absolute atomic E-state index is 0.0768. The second-order valence-electron chi connectivity index (χ2n) is 6.26. The first-order valence-electron chi connectivity index (χ1n) is 9.57. The lowest BCUT2D eigenvalue weighted by Gasteiger charge is -2.28. The largest absolute Gasteiger partial charge is 0.467 e. The van der Waals surface area contributed by atoms with Crippen molar-refractivity contribution in [1.29, 1.82) is 0 Å². The van der Waals surface area contributed by atoms with Crippen molar-refractivity contribution in [1.82, 2.24) is 4.90 Å². The summed E-state index contributed by atoms with van der Waals surface area (Å²) in [6.07, 6.45) is 11.9. The van der Waals surface area contributed by atoms with E-state index in [0.717, 1.165) is 5.75 Å². The molecule has 0 aliphatic heterocycles. The number of carbonyl (C=O) groups is 2. The smallest absolute Gasteiger partial charge is 0.328 e. The first-order chi connectivity index (χ1) is 13.3. The van der Waals surface area contributed by atoms with Crippen molar-refractivity contribution in [2.75, 3.05) is 38.5 Å². The Morgan fingerprint density at radius 1 is 1.25 bits per heavy atom. The topological polar surface area (TPSA) is 98.6 Å². The lowest BCUT2D eigenvalue weighted by molar-refractivity contribution is -0.152. The van der Waals surface area contributed by atoms with Gasteiger partial charge in [0, 0.05) is 25.4 Å². The van der Waals surface area contributed by atoms with Crippen LogP contribution in [0.2, 0.25) is 0 Å². The molecule has 6 nitrogen and oxygen atoms in total. The van der Waals surface area contributed by atoms with Crippen molar-refractivity contribution in [2.45, 2.75) is 45.2 Å². The summed E-state index contributed by atoms with van der Waals surface area (Å²) in [7, 11) is 2.95. The minimum atomic E-state index is -0.597. The third-order valence-corrected chi connectivity index (χ3v) is 4.76. The Bertz CT molecular complexity index is 474. The highest BCUT2D eigenvalue weighted by molar-refractivity contribution is 7.98. The van der Waals surface area contributed by atoms with Crippen LogP contribution < -0.4 is 11.5 Å². The van der Waals surface area contributed by atoms with Gasteiger partial charge in [-0.1, -0.05) is 44.6 Å². The maximum Gasteiger partial charge on any atom is 0.328 e. The Kier molecular flexibility index (Phi) is 20.2. The summed E-state index contributed by atoms with van der Waals surface area (Å²) in [5.41, 5.74) is 11.5. The fraction of sp³-hybridized carbons (Fsp3) is 0.700. The molecule has 0 saturated carbocycles. The van der Waals surface area contributed by atoms with E-state index in [-0.39, 0.29) is 18.5 Å². The molecule has 3 unspecified atom stereocenters. The van der Waals surface area contributed by atoms with E-state index in [1.807, 2.05) is 24.5 Å². The molecule has 28 heavy (non-hydrogen) atoms. The van der Waals surface area contributed by atoms with Gasteiger partial charge in [-0.25, -0.2) is 4.79 Å². The quantitative estimate of drug-likeness (QED) is 0.248. The van der Waals surface area contributed by atoms with Gasteiger partial charge >= 0.3 is 5.97 Å². The number of esters is 1. The third kappa shape index (κ3) is 13.3. The number of carbonyl (C=O) groups excluding carboxylic acids is 2. The molecule has 0 fully saturated rings. The molecule has 1 amide bonds. The van der Waals surface area contributed by atoms with Crippen LogP contribution in [-0.2, 0) is 14.3 Å². The fourth-order valence-electron chi connectivity index (χ4n) is 2.15. The fourth-order valence-corrected chi connectivity index (χ4v) is 2.73. The molecule has 0 saturated heterocycles. The molecule has 0 aromatic heterocycles. The van der Waals surface area contributed by atoms with Gasteiger partial charge in [-0.3, -0.25) is 4.79 Å². The third-order valence-electron chi connectivity index (χ3n) is 3.69. The number of thiol groups is 1. The van der Waals surface area contributed by atoms with E-state index in [4.69, 9.17) is 16.2 Å². The van der Waals surface area contributed by atoms with Crippen molar-refractivity contribution in [2.24, 2.45) is 17.4 Å². The highest BCUT2D eigenvalue weighted by atomic mass is 32.2. The number of thioether (sulfide) groups is 1. The van der Waals surface area contributed by atoms with E-state index >= 15 is 0 Å². The van der Waals surface area contributed by atoms with Crippen LogP contribution in [0.25, 0.3) is 0 Å². The predicted octanol–water partition coefficient (Wildman–Crippen LogP) is 2.49. The summed E-state index contributed by atoms with van der Waals surface area (Å²) < 4.78 is 4.82. The number of hydrogen-bond acceptors (Lipinski definition) is 7. The summed E-state index contributed by atoms with van der Waals surface area (Å²) in [5.74, 6) is 0.273. The molecule has 0 rings (SSSR count). The summed E-state index contributed by atoms with van der Waals surface area (Å²) >= 11 is 5.72. The number of hydrogen-bond donors (Lipinski definition) is 3. The first kappa shape index (κ1) is 29.2. The van der Waals surface area contributed by atoms with Crippen LogP contribution in [0.1, 0.15) is 33.1 Å². The van der Waals surface area contributed by atoms with E-state index in [9.17, 15) is 9.59 Å². The maximum absolute atomic E-state index is 12.6. The number of methoxy groups -OCH3 is 1. The highest BCUT2D eigenvalue weighted by Gasteiger charge is 2.30. The molecular formula is C20H39N3O3S2. The van der Waals surface area contributed by atoms with E-state index in [1.54, 1.807) is 24.9 Å². The lowest BCUT2D eigenvalue weighted by Crippen LogP contribution is -2.46. The van der Waals surface area contributed by atoms with Crippen LogP contribution >= 0.6 is 24.4 Å². The summed E-state index contributed by atoms with van der Waals surface area (Å²) in [4.78, 5) is 26.1. The monoisotopic (exact) mass is 433 g/mol. The average molecular weight is 434 g/mol. The zero-order chi connectivity index (χ0) is 21.9. The summed E-state index contributed by atoms with van der Waals surface area (Å²) in [6.45, 7) is 4.43. The lowest BCUT2D eigenvalue weighted by atomic mass is 10.1. The molecule has 0 aliphatic rings. The molecule has 8 heteroatoms. The van der Waals surface area contributed by atoms with Crippen molar-refractivity contribution in [3.8, 4) is 0 Å². The predicted molar refractivity (Wildman–Crippen MR) is 125 cm³/mol. The molecule has 0 spiro atoms. The average Bonchev–Trinajstić information content (AvgIpc) is 2.70. The molecule has 0 aromatic rings. The number of nitrogens with zero attached hydrogens (tertiary/aromatic N) is 1. The van der Waals surface area contributed by atoms with Gasteiger partial charge in [-0.05, 0) is 24.9 Å². The van der Waals surface area contributed by atoms with Gasteiger partial charge in [0.05, 0.1) is 13.0 Å². The molecule has 0 radical (unpaired) electrons. The molecule has 4 N–H and O–H groups in total. The maximum atomic E-state index is 12.6. The Labute approximate surface area is 180 Å². The van der Waals surface area contributed by atoms with Crippen molar-refractivity contribution >= 4 is 36.3 Å². The van der Waals surface area contributed by atoms with Crippen molar-refractivity contribution in [3.63, 3.8) is 0 Å². The zero-order valence-electron chi connectivity index (χ0n) is 18.0. The van der Waals surface area contributed by atoms with Gasteiger partial charge in [-0.2, -0.15) is 24.4 Å². The second-order valence-corrected chi connectivity index (χ2v) is 7.61. The number of amides is 1. The van der Waals surface area contributed by atoms with Crippen LogP contribution in [-0.4, -0.2) is 67.3 Å². The van der Waals surface area contributed by atoms with Gasteiger partial charge in [0.1, 0.15) is 6.04 Å².